The Bertz CT molecular complexity index is 491. The minimum absolute atomic E-state index is 0.00954. The molecule has 0 unspecified atom stereocenters. The van der Waals surface area contributed by atoms with Gasteiger partial charge in [0, 0.05) is 31.9 Å². The summed E-state index contributed by atoms with van der Waals surface area (Å²) in [4.78, 5) is 17.5. The first kappa shape index (κ1) is 13.3. The summed E-state index contributed by atoms with van der Waals surface area (Å²) in [6, 6.07) is 3.19. The second-order valence-electron chi connectivity index (χ2n) is 5.72. The van der Waals surface area contributed by atoms with Crippen molar-refractivity contribution in [3.05, 3.63) is 28.4 Å². The normalized spacial score (nSPS) is 21.9. The van der Waals surface area contributed by atoms with E-state index in [2.05, 4.69) is 15.2 Å². The van der Waals surface area contributed by atoms with E-state index in [0.717, 1.165) is 32.5 Å². The molecule has 1 saturated carbocycles. The molecule has 6 heteroatoms. The molecule has 0 bridgehead atoms. The molecule has 3 rings (SSSR count). The van der Waals surface area contributed by atoms with Crippen LogP contribution in [0.2, 0.25) is 0 Å². The van der Waals surface area contributed by atoms with Crippen LogP contribution in [0.15, 0.2) is 18.3 Å². The van der Waals surface area contributed by atoms with Crippen molar-refractivity contribution < 1.29 is 4.92 Å². The number of nitro groups is 1. The lowest BCUT2D eigenvalue weighted by Crippen LogP contribution is -2.62. The second-order valence-corrected chi connectivity index (χ2v) is 5.72. The number of rotatable bonds is 2. The molecule has 2 heterocycles. The molecule has 1 aromatic rings. The first-order valence-corrected chi connectivity index (χ1v) is 7.31. The van der Waals surface area contributed by atoms with Crippen LogP contribution in [0.25, 0.3) is 0 Å². The van der Waals surface area contributed by atoms with Crippen LogP contribution in [-0.2, 0) is 0 Å². The van der Waals surface area contributed by atoms with Crippen molar-refractivity contribution in [2.75, 3.05) is 24.5 Å². The van der Waals surface area contributed by atoms with Gasteiger partial charge in [-0.2, -0.15) is 0 Å². The number of anilines is 1. The Hall–Kier alpha value is -1.69. The van der Waals surface area contributed by atoms with Gasteiger partial charge in [0.2, 0.25) is 5.82 Å². The predicted octanol–water partition coefficient (Wildman–Crippen LogP) is 2.10. The van der Waals surface area contributed by atoms with Gasteiger partial charge < -0.3 is 10.2 Å². The number of nitrogens with zero attached hydrogens (tertiary/aromatic N) is 3. The van der Waals surface area contributed by atoms with Crippen molar-refractivity contribution in [3.8, 4) is 0 Å². The van der Waals surface area contributed by atoms with E-state index in [1.165, 1.54) is 19.3 Å². The molecule has 6 nitrogen and oxygen atoms in total. The van der Waals surface area contributed by atoms with E-state index in [0.29, 0.717) is 5.82 Å². The Balaban J connectivity index is 2.00. The van der Waals surface area contributed by atoms with Crippen molar-refractivity contribution in [1.82, 2.24) is 10.3 Å². The fourth-order valence-electron chi connectivity index (χ4n) is 3.57. The van der Waals surface area contributed by atoms with E-state index >= 15 is 0 Å². The van der Waals surface area contributed by atoms with Gasteiger partial charge in [0.25, 0.3) is 0 Å². The Morgan fingerprint density at radius 3 is 2.90 bits per heavy atom. The highest BCUT2D eigenvalue weighted by Gasteiger charge is 2.42. The average Bonchev–Trinajstić information content (AvgIpc) is 2.48. The fourth-order valence-corrected chi connectivity index (χ4v) is 3.57. The van der Waals surface area contributed by atoms with Crippen LogP contribution in [0.4, 0.5) is 11.5 Å². The third-order valence-electron chi connectivity index (χ3n) is 4.54. The molecule has 0 aromatic carbocycles. The maximum Gasteiger partial charge on any atom is 0.311 e. The van der Waals surface area contributed by atoms with Crippen LogP contribution in [-0.4, -0.2) is 35.1 Å². The monoisotopic (exact) mass is 276 g/mol. The number of pyridine rings is 1. The molecule has 108 valence electrons. The van der Waals surface area contributed by atoms with E-state index in [1.807, 2.05) is 0 Å². The lowest BCUT2D eigenvalue weighted by Gasteiger charge is -2.50. The van der Waals surface area contributed by atoms with E-state index < -0.39 is 0 Å². The highest BCUT2D eigenvalue weighted by atomic mass is 16.6. The SMILES string of the molecule is O=[N+]([O-])c1cccnc1N1CCNCC12CCCCC2. The summed E-state index contributed by atoms with van der Waals surface area (Å²) < 4.78 is 0. The molecular formula is C14H20N4O2. The van der Waals surface area contributed by atoms with E-state index in [9.17, 15) is 10.1 Å². The van der Waals surface area contributed by atoms with Crippen molar-refractivity contribution in [2.24, 2.45) is 0 Å². The van der Waals surface area contributed by atoms with Crippen molar-refractivity contribution in [1.29, 1.82) is 0 Å². The molecule has 0 radical (unpaired) electrons. The van der Waals surface area contributed by atoms with Gasteiger partial charge in [-0.05, 0) is 18.9 Å². The first-order chi connectivity index (χ1) is 9.73. The quantitative estimate of drug-likeness (QED) is 0.661. The van der Waals surface area contributed by atoms with E-state index in [1.54, 1.807) is 18.3 Å². The number of hydrogen-bond acceptors (Lipinski definition) is 5. The molecule has 2 aliphatic rings. The summed E-state index contributed by atoms with van der Waals surface area (Å²) in [5.41, 5.74) is 0.134. The van der Waals surface area contributed by atoms with Crippen LogP contribution in [0.1, 0.15) is 32.1 Å². The van der Waals surface area contributed by atoms with Crippen LogP contribution in [0, 0.1) is 10.1 Å². The van der Waals surface area contributed by atoms with Crippen LogP contribution < -0.4 is 10.2 Å². The zero-order valence-corrected chi connectivity index (χ0v) is 11.5. The molecule has 1 saturated heterocycles. The molecule has 1 N–H and O–H groups in total. The zero-order chi connectivity index (χ0) is 14.0. The summed E-state index contributed by atoms with van der Waals surface area (Å²) in [5, 5.41) is 14.7. The molecule has 1 aliphatic heterocycles. The highest BCUT2D eigenvalue weighted by Crippen LogP contribution is 2.39. The smallest absolute Gasteiger partial charge is 0.311 e. The predicted molar refractivity (Wildman–Crippen MR) is 76.9 cm³/mol. The van der Waals surface area contributed by atoms with Crippen LogP contribution >= 0.6 is 0 Å². The number of aromatic nitrogens is 1. The molecule has 1 aromatic heterocycles. The number of piperazine rings is 1. The number of nitrogens with one attached hydrogen (secondary N) is 1. The third-order valence-corrected chi connectivity index (χ3v) is 4.54. The molecule has 1 aliphatic carbocycles. The molecule has 20 heavy (non-hydrogen) atoms. The highest BCUT2D eigenvalue weighted by molar-refractivity contribution is 5.59. The summed E-state index contributed by atoms with van der Waals surface area (Å²) in [6.45, 7) is 2.55. The minimum atomic E-state index is -0.319. The first-order valence-electron chi connectivity index (χ1n) is 7.31. The molecule has 0 amide bonds. The van der Waals surface area contributed by atoms with Crippen molar-refractivity contribution >= 4 is 11.5 Å². The van der Waals surface area contributed by atoms with Gasteiger partial charge in [-0.25, -0.2) is 4.98 Å². The van der Waals surface area contributed by atoms with Gasteiger partial charge in [-0.15, -0.1) is 0 Å². The Morgan fingerprint density at radius 2 is 2.15 bits per heavy atom. The van der Waals surface area contributed by atoms with Crippen LogP contribution in [0.3, 0.4) is 0 Å². The Morgan fingerprint density at radius 1 is 1.35 bits per heavy atom. The van der Waals surface area contributed by atoms with Crippen LogP contribution in [0.5, 0.6) is 0 Å². The molecular weight excluding hydrogens is 256 g/mol. The Labute approximate surface area is 118 Å². The number of hydrogen-bond donors (Lipinski definition) is 1. The average molecular weight is 276 g/mol. The van der Waals surface area contributed by atoms with Gasteiger partial charge in [-0.1, -0.05) is 19.3 Å². The summed E-state index contributed by atoms with van der Waals surface area (Å²) in [7, 11) is 0. The van der Waals surface area contributed by atoms with E-state index in [4.69, 9.17) is 0 Å². The van der Waals surface area contributed by atoms with Crippen molar-refractivity contribution in [3.63, 3.8) is 0 Å². The summed E-state index contributed by atoms with van der Waals surface area (Å²) in [6.07, 6.45) is 7.49. The van der Waals surface area contributed by atoms with Gasteiger partial charge in [0.15, 0.2) is 0 Å². The third kappa shape index (κ3) is 2.24. The summed E-state index contributed by atoms with van der Waals surface area (Å²) in [5.74, 6) is 0.543. The van der Waals surface area contributed by atoms with Gasteiger partial charge in [0.1, 0.15) is 0 Å². The lowest BCUT2D eigenvalue weighted by molar-refractivity contribution is -0.384. The van der Waals surface area contributed by atoms with Gasteiger partial charge in [-0.3, -0.25) is 10.1 Å². The molecule has 2 fully saturated rings. The second kappa shape index (κ2) is 5.36. The van der Waals surface area contributed by atoms with E-state index in [-0.39, 0.29) is 16.1 Å². The lowest BCUT2D eigenvalue weighted by atomic mass is 9.79. The standard InChI is InChI=1S/C14H20N4O2/c19-18(20)12-5-4-8-16-13(12)17-10-9-15-11-14(17)6-2-1-3-7-14/h4-5,8,15H,1-3,6-7,9-11H2. The zero-order valence-electron chi connectivity index (χ0n) is 11.5. The molecule has 0 atom stereocenters. The van der Waals surface area contributed by atoms with Gasteiger partial charge in [0.05, 0.1) is 10.5 Å². The summed E-state index contributed by atoms with van der Waals surface area (Å²) >= 11 is 0. The Kier molecular flexibility index (Phi) is 3.56. The largest absolute Gasteiger partial charge is 0.343 e. The minimum Gasteiger partial charge on any atom is -0.343 e. The maximum absolute atomic E-state index is 11.3. The van der Waals surface area contributed by atoms with Gasteiger partial charge >= 0.3 is 5.69 Å². The topological polar surface area (TPSA) is 71.3 Å². The van der Waals surface area contributed by atoms with Crippen molar-refractivity contribution in [2.45, 2.75) is 37.6 Å². The molecule has 1 spiro atoms. The maximum atomic E-state index is 11.3. The fraction of sp³-hybridized carbons (Fsp3) is 0.643.